The van der Waals surface area contributed by atoms with Crippen LogP contribution >= 0.6 is 0 Å². The van der Waals surface area contributed by atoms with Gasteiger partial charge >= 0.3 is 0 Å². The van der Waals surface area contributed by atoms with Gasteiger partial charge in [0.05, 0.1) is 14.2 Å². The maximum absolute atomic E-state index is 14.2. The van der Waals surface area contributed by atoms with Gasteiger partial charge in [-0.1, -0.05) is 13.0 Å². The summed E-state index contributed by atoms with van der Waals surface area (Å²) in [6.07, 6.45) is 0. The molecule has 2 aromatic carbocycles. The third kappa shape index (κ3) is 3.52. The molecule has 0 fully saturated rings. The summed E-state index contributed by atoms with van der Waals surface area (Å²) in [5, 5.41) is 3.24. The number of hydrogen-bond donors (Lipinski definition) is 1. The molecule has 0 amide bonds. The average molecular weight is 289 g/mol. The van der Waals surface area contributed by atoms with Crippen LogP contribution in [0, 0.1) is 5.82 Å². The van der Waals surface area contributed by atoms with Gasteiger partial charge in [-0.25, -0.2) is 4.39 Å². The highest BCUT2D eigenvalue weighted by molar-refractivity contribution is 5.72. The van der Waals surface area contributed by atoms with Crippen LogP contribution in [0.25, 0.3) is 11.1 Å². The molecule has 4 heteroatoms. The van der Waals surface area contributed by atoms with Gasteiger partial charge in [0.25, 0.3) is 0 Å². The smallest absolute Gasteiger partial charge is 0.131 e. The lowest BCUT2D eigenvalue weighted by Crippen LogP contribution is -2.11. The molecule has 1 N–H and O–H groups in total. The van der Waals surface area contributed by atoms with Crippen LogP contribution in [0.4, 0.5) is 4.39 Å². The maximum Gasteiger partial charge on any atom is 0.131 e. The van der Waals surface area contributed by atoms with E-state index in [0.717, 1.165) is 12.1 Å². The summed E-state index contributed by atoms with van der Waals surface area (Å²) in [5.41, 5.74) is 2.28. The van der Waals surface area contributed by atoms with Crippen LogP contribution in [-0.4, -0.2) is 20.8 Å². The number of methoxy groups -OCH3 is 2. The van der Waals surface area contributed by atoms with Crippen molar-refractivity contribution < 1.29 is 13.9 Å². The lowest BCUT2D eigenvalue weighted by Gasteiger charge is -2.12. The third-order valence-corrected chi connectivity index (χ3v) is 3.31. The molecule has 0 radical (unpaired) electrons. The van der Waals surface area contributed by atoms with Crippen molar-refractivity contribution >= 4 is 0 Å². The largest absolute Gasteiger partial charge is 0.497 e. The molecule has 0 spiro atoms. The SMILES string of the molecule is CCNCc1ccc(F)c(-c2ccc(OC)cc2OC)c1. The van der Waals surface area contributed by atoms with Crippen LogP contribution in [0.1, 0.15) is 12.5 Å². The van der Waals surface area contributed by atoms with Crippen LogP contribution in [0.15, 0.2) is 36.4 Å². The zero-order valence-electron chi connectivity index (χ0n) is 12.6. The molecule has 0 atom stereocenters. The van der Waals surface area contributed by atoms with Crippen LogP contribution < -0.4 is 14.8 Å². The van der Waals surface area contributed by atoms with E-state index in [4.69, 9.17) is 9.47 Å². The highest BCUT2D eigenvalue weighted by Crippen LogP contribution is 2.35. The zero-order chi connectivity index (χ0) is 15.2. The number of nitrogens with one attached hydrogen (secondary N) is 1. The second kappa shape index (κ2) is 7.09. The number of hydrogen-bond acceptors (Lipinski definition) is 3. The predicted molar refractivity (Wildman–Crippen MR) is 82.3 cm³/mol. The molecule has 0 saturated carbocycles. The maximum atomic E-state index is 14.2. The van der Waals surface area contributed by atoms with Crippen LogP contribution in [-0.2, 0) is 6.54 Å². The normalized spacial score (nSPS) is 10.5. The van der Waals surface area contributed by atoms with Gasteiger partial charge in [-0.15, -0.1) is 0 Å². The summed E-state index contributed by atoms with van der Waals surface area (Å²) in [6.45, 7) is 3.62. The van der Waals surface area contributed by atoms with Crippen LogP contribution in [0.2, 0.25) is 0 Å². The van der Waals surface area contributed by atoms with Gasteiger partial charge in [-0.2, -0.15) is 0 Å². The van der Waals surface area contributed by atoms with E-state index in [1.165, 1.54) is 6.07 Å². The van der Waals surface area contributed by atoms with E-state index in [-0.39, 0.29) is 5.82 Å². The van der Waals surface area contributed by atoms with Crippen molar-refractivity contribution in [3.8, 4) is 22.6 Å². The van der Waals surface area contributed by atoms with Gasteiger partial charge in [-0.05, 0) is 36.4 Å². The zero-order valence-corrected chi connectivity index (χ0v) is 12.6. The van der Waals surface area contributed by atoms with E-state index in [2.05, 4.69) is 5.32 Å². The Bertz CT molecular complexity index is 614. The lowest BCUT2D eigenvalue weighted by atomic mass is 10.0. The molecule has 0 heterocycles. The average Bonchev–Trinajstić information content (AvgIpc) is 2.53. The first kappa shape index (κ1) is 15.3. The van der Waals surface area contributed by atoms with Gasteiger partial charge in [0.1, 0.15) is 17.3 Å². The van der Waals surface area contributed by atoms with E-state index >= 15 is 0 Å². The molecule has 0 aromatic heterocycles. The lowest BCUT2D eigenvalue weighted by molar-refractivity contribution is 0.395. The summed E-state index contributed by atoms with van der Waals surface area (Å²) in [5.74, 6) is 1.01. The number of halogens is 1. The van der Waals surface area contributed by atoms with Gasteiger partial charge < -0.3 is 14.8 Å². The molecule has 3 nitrogen and oxygen atoms in total. The Hall–Kier alpha value is -2.07. The number of rotatable bonds is 6. The summed E-state index contributed by atoms with van der Waals surface area (Å²) in [4.78, 5) is 0. The van der Waals surface area contributed by atoms with Gasteiger partial charge in [0, 0.05) is 23.7 Å². The molecular weight excluding hydrogens is 269 g/mol. The molecule has 0 aliphatic heterocycles. The van der Waals surface area contributed by atoms with E-state index in [9.17, 15) is 4.39 Å². The second-order valence-electron chi connectivity index (χ2n) is 4.66. The van der Waals surface area contributed by atoms with Gasteiger partial charge in [-0.3, -0.25) is 0 Å². The minimum absolute atomic E-state index is 0.265. The number of benzene rings is 2. The molecule has 112 valence electrons. The third-order valence-electron chi connectivity index (χ3n) is 3.31. The fourth-order valence-electron chi connectivity index (χ4n) is 2.18. The fourth-order valence-corrected chi connectivity index (χ4v) is 2.18. The molecule has 0 aliphatic rings. The number of ether oxygens (including phenoxy) is 2. The molecule has 2 rings (SSSR count). The molecule has 2 aromatic rings. The fraction of sp³-hybridized carbons (Fsp3) is 0.294. The van der Waals surface area contributed by atoms with Gasteiger partial charge in [0.15, 0.2) is 0 Å². The van der Waals surface area contributed by atoms with Crippen molar-refractivity contribution in [2.45, 2.75) is 13.5 Å². The topological polar surface area (TPSA) is 30.5 Å². The van der Waals surface area contributed by atoms with Crippen molar-refractivity contribution in [1.82, 2.24) is 5.32 Å². The van der Waals surface area contributed by atoms with Crippen molar-refractivity contribution in [2.24, 2.45) is 0 Å². The Kier molecular flexibility index (Phi) is 5.17. The van der Waals surface area contributed by atoms with Crippen molar-refractivity contribution in [2.75, 3.05) is 20.8 Å². The van der Waals surface area contributed by atoms with E-state index in [1.807, 2.05) is 19.1 Å². The first-order valence-electron chi connectivity index (χ1n) is 6.91. The molecule has 21 heavy (non-hydrogen) atoms. The Morgan fingerprint density at radius 3 is 2.48 bits per heavy atom. The standard InChI is InChI=1S/C17H20FNO2/c1-4-19-11-12-5-8-16(18)15(9-12)14-7-6-13(20-2)10-17(14)21-3/h5-10,19H,4,11H2,1-3H3. The first-order chi connectivity index (χ1) is 10.2. The second-order valence-corrected chi connectivity index (χ2v) is 4.66. The summed E-state index contributed by atoms with van der Waals surface area (Å²) >= 11 is 0. The Morgan fingerprint density at radius 2 is 1.81 bits per heavy atom. The molecule has 0 aliphatic carbocycles. The Balaban J connectivity index is 2.45. The van der Waals surface area contributed by atoms with Crippen molar-refractivity contribution in [1.29, 1.82) is 0 Å². The summed E-state index contributed by atoms with van der Waals surface area (Å²) in [7, 11) is 3.16. The molecule has 0 unspecified atom stereocenters. The van der Waals surface area contributed by atoms with E-state index in [0.29, 0.717) is 29.2 Å². The van der Waals surface area contributed by atoms with Crippen LogP contribution in [0.5, 0.6) is 11.5 Å². The highest BCUT2D eigenvalue weighted by atomic mass is 19.1. The first-order valence-corrected chi connectivity index (χ1v) is 6.91. The molecule has 0 bridgehead atoms. The quantitative estimate of drug-likeness (QED) is 0.881. The highest BCUT2D eigenvalue weighted by Gasteiger charge is 2.12. The van der Waals surface area contributed by atoms with E-state index in [1.54, 1.807) is 32.4 Å². The molecule has 0 saturated heterocycles. The van der Waals surface area contributed by atoms with Crippen molar-refractivity contribution in [3.63, 3.8) is 0 Å². The molecular formula is C17H20FNO2. The Labute approximate surface area is 124 Å². The minimum Gasteiger partial charge on any atom is -0.497 e. The Morgan fingerprint density at radius 1 is 1.00 bits per heavy atom. The summed E-state index contributed by atoms with van der Waals surface area (Å²) in [6, 6.07) is 10.5. The monoisotopic (exact) mass is 289 g/mol. The van der Waals surface area contributed by atoms with E-state index < -0.39 is 0 Å². The minimum atomic E-state index is -0.265. The van der Waals surface area contributed by atoms with Crippen LogP contribution in [0.3, 0.4) is 0 Å². The van der Waals surface area contributed by atoms with Gasteiger partial charge in [0.2, 0.25) is 0 Å². The van der Waals surface area contributed by atoms with Crippen molar-refractivity contribution in [3.05, 3.63) is 47.8 Å². The predicted octanol–water partition coefficient (Wildman–Crippen LogP) is 3.62. The summed E-state index contributed by atoms with van der Waals surface area (Å²) < 4.78 is 24.7.